The molecule has 0 heterocycles. The molecule has 0 bridgehead atoms. The Morgan fingerprint density at radius 3 is 1.30 bits per heavy atom. The minimum absolute atomic E-state index is 0.0230. The fourth-order valence-corrected chi connectivity index (χ4v) is 8.87. The normalized spacial score (nSPS) is 11.7. The number of benzene rings is 8. The van der Waals surface area contributed by atoms with Crippen LogP contribution in [0, 0.1) is 34.6 Å². The molecule has 0 aromatic heterocycles. The van der Waals surface area contributed by atoms with E-state index in [0.29, 0.717) is 45.1 Å². The molecule has 0 fully saturated rings. The number of nitrogens with zero attached hydrogens (tertiary/aromatic N) is 8. The first-order chi connectivity index (χ1) is 37.2. The molecule has 8 aromatic rings. The quantitative estimate of drug-likeness (QED) is 0.0580. The minimum atomic E-state index is -4.84. The topological polar surface area (TPSA) is 361 Å². The number of anilines is 2. The number of phenols is 1. The van der Waals surface area contributed by atoms with Crippen LogP contribution in [0.5, 0.6) is 17.2 Å². The van der Waals surface area contributed by atoms with Crippen molar-refractivity contribution in [1.29, 1.82) is 0 Å². The number of azo groups is 4. The van der Waals surface area contributed by atoms with Gasteiger partial charge < -0.3 is 19.9 Å². The molecule has 0 aliphatic carbocycles. The molecule has 0 amide bonds. The summed E-state index contributed by atoms with van der Waals surface area (Å²) in [5.41, 5.74) is 8.47. The fraction of sp³-hybridized carbons (Fsp3) is 0.137. The summed E-state index contributed by atoms with van der Waals surface area (Å²) in [6, 6.07) is 33.5. The molecule has 8 aromatic carbocycles. The van der Waals surface area contributed by atoms with Gasteiger partial charge >= 0.3 is 21.2 Å². The molecule has 0 radical (unpaired) electrons. The first-order valence-electron chi connectivity index (χ1n) is 22.6. The molecule has 0 unspecified atom stereocenters. The van der Waals surface area contributed by atoms with Gasteiger partial charge in [-0.05, 0) is 170 Å². The van der Waals surface area contributed by atoms with Crippen LogP contribution in [-0.2, 0) is 41.5 Å². The van der Waals surface area contributed by atoms with Gasteiger partial charge in [-0.1, -0.05) is 18.2 Å². The molecule has 0 atom stereocenters. The molecule has 0 saturated heterocycles. The Morgan fingerprint density at radius 2 is 0.835 bits per heavy atom. The second-order valence-electron chi connectivity index (χ2n) is 16.8. The third-order valence-electron chi connectivity index (χ3n) is 11.4. The van der Waals surface area contributed by atoms with Gasteiger partial charge in [0, 0.05) is 28.2 Å². The van der Waals surface area contributed by atoms with Gasteiger partial charge in [-0.25, -0.2) is 0 Å². The summed E-state index contributed by atoms with van der Waals surface area (Å²) in [7, 11) is -12.7. The van der Waals surface area contributed by atoms with Crippen molar-refractivity contribution in [3.8, 4) is 17.2 Å². The van der Waals surface area contributed by atoms with E-state index < -0.39 is 51.2 Å². The van der Waals surface area contributed by atoms with Gasteiger partial charge in [0.1, 0.15) is 38.4 Å². The molecule has 0 aliphatic heterocycles. The zero-order chi connectivity index (χ0) is 57.9. The lowest BCUT2D eigenvalue weighted by molar-refractivity contribution is 0.415. The number of aryl methyl sites for hydroxylation is 5. The van der Waals surface area contributed by atoms with Crippen LogP contribution in [-0.4, -0.2) is 70.5 Å². The van der Waals surface area contributed by atoms with Crippen molar-refractivity contribution >= 4 is 120 Å². The van der Waals surface area contributed by atoms with E-state index in [9.17, 15) is 31.0 Å². The van der Waals surface area contributed by atoms with Gasteiger partial charge in [0.25, 0.3) is 20.2 Å². The van der Waals surface area contributed by atoms with Crippen molar-refractivity contribution in [2.45, 2.75) is 44.4 Å². The van der Waals surface area contributed by atoms with Crippen LogP contribution in [0.25, 0.3) is 21.5 Å². The molecule has 8 rings (SSSR count). The van der Waals surface area contributed by atoms with Crippen LogP contribution in [0.15, 0.2) is 172 Å². The van der Waals surface area contributed by atoms with Crippen LogP contribution < -0.4 is 14.8 Å². The van der Waals surface area contributed by atoms with Gasteiger partial charge in [0.15, 0.2) is 5.75 Å². The Balaban J connectivity index is 0.00000118. The summed E-state index contributed by atoms with van der Waals surface area (Å²) < 4.78 is 130. The first kappa shape index (κ1) is 59.2. The predicted molar refractivity (Wildman–Crippen MR) is 291 cm³/mol. The number of hydrogen-bond acceptors (Lipinski definition) is 22. The van der Waals surface area contributed by atoms with E-state index in [1.165, 1.54) is 25.3 Å². The summed E-state index contributed by atoms with van der Waals surface area (Å²) >= 11 is 0. The van der Waals surface area contributed by atoms with Crippen LogP contribution in [0.4, 0.5) is 56.9 Å². The molecular formula is C51H45N9O15S4. The number of fused-ring (bicyclic) bond motifs is 2. The average molecular weight is 1150 g/mol. The number of ether oxygens (including phenoxy) is 2. The summed E-state index contributed by atoms with van der Waals surface area (Å²) in [4.78, 5) is -1.10. The van der Waals surface area contributed by atoms with Gasteiger partial charge in [0.05, 0.1) is 42.7 Å². The Bertz CT molecular complexity index is 4250. The number of hydrogen-bond donors (Lipinski definition) is 4. The smallest absolute Gasteiger partial charge is 0.425 e. The van der Waals surface area contributed by atoms with Crippen molar-refractivity contribution in [2.75, 3.05) is 19.5 Å². The molecule has 24 nitrogen and oxygen atoms in total. The summed E-state index contributed by atoms with van der Waals surface area (Å²) in [5, 5.41) is 51.3. The minimum Gasteiger partial charge on any atom is -0.505 e. The van der Waals surface area contributed by atoms with Crippen LogP contribution in [0.3, 0.4) is 0 Å². The lowest BCUT2D eigenvalue weighted by Crippen LogP contribution is -2.01. The third kappa shape index (κ3) is 15.6. The number of nitrogens with one attached hydrogen (secondary N) is 1. The summed E-state index contributed by atoms with van der Waals surface area (Å²) in [5.74, 6) is 1.05. The fourth-order valence-electron chi connectivity index (χ4n) is 7.52. The van der Waals surface area contributed by atoms with E-state index in [0.717, 1.165) is 63.0 Å². The van der Waals surface area contributed by atoms with Crippen molar-refractivity contribution in [2.24, 2.45) is 40.9 Å². The molecule has 79 heavy (non-hydrogen) atoms. The largest absolute Gasteiger partial charge is 0.505 e. The molecule has 0 aliphatic rings. The third-order valence-corrected chi connectivity index (χ3v) is 13.2. The maximum absolute atomic E-state index is 12.3. The Labute approximate surface area is 454 Å². The summed E-state index contributed by atoms with van der Waals surface area (Å²) in [6.45, 7) is 9.26. The summed E-state index contributed by atoms with van der Waals surface area (Å²) in [6.07, 6.45) is 0. The monoisotopic (exact) mass is 1150 g/mol. The van der Waals surface area contributed by atoms with Gasteiger partial charge in [-0.3, -0.25) is 9.11 Å². The van der Waals surface area contributed by atoms with Crippen LogP contribution in [0.1, 0.15) is 27.8 Å². The van der Waals surface area contributed by atoms with E-state index in [1.54, 1.807) is 26.2 Å². The molecule has 0 saturated carbocycles. The number of rotatable bonds is 14. The van der Waals surface area contributed by atoms with Crippen molar-refractivity contribution < 1.29 is 65.8 Å². The Kier molecular flexibility index (Phi) is 19.0. The Hall–Kier alpha value is -9.06. The second-order valence-corrected chi connectivity index (χ2v) is 20.4. The number of aromatic hydroxyl groups is 1. The lowest BCUT2D eigenvalue weighted by Gasteiger charge is -2.10. The van der Waals surface area contributed by atoms with Gasteiger partial charge in [0.2, 0.25) is 0 Å². The van der Waals surface area contributed by atoms with E-state index in [1.807, 2.05) is 100 Å². The highest BCUT2D eigenvalue weighted by Gasteiger charge is 2.22. The van der Waals surface area contributed by atoms with Crippen LogP contribution in [0.2, 0.25) is 0 Å². The lowest BCUT2D eigenvalue weighted by atomic mass is 10.1. The number of phenolic OH excluding ortho intramolecular Hbond substituents is 1. The zero-order valence-electron chi connectivity index (χ0n) is 42.5. The number of methoxy groups -OCH3 is 2. The molecule has 0 spiro atoms. The Morgan fingerprint density at radius 1 is 0.418 bits per heavy atom. The predicted octanol–water partition coefficient (Wildman–Crippen LogP) is 13.1. The van der Waals surface area contributed by atoms with Crippen molar-refractivity contribution in [3.63, 3.8) is 0 Å². The average Bonchev–Trinajstić information content (AvgIpc) is 3.44. The van der Waals surface area contributed by atoms with Crippen molar-refractivity contribution in [3.05, 3.63) is 149 Å². The van der Waals surface area contributed by atoms with E-state index in [4.69, 9.17) is 34.7 Å². The molecule has 4 N–H and O–H groups in total. The van der Waals surface area contributed by atoms with Gasteiger partial charge in [-0.15, -0.1) is 40.6 Å². The standard InChI is InChI=1S/C51H45N9O9S2.2O3S/c1-28-20-42(29(2)19-41(28)54-53-40-18-11-34-24-36(14-17-38(34)51(40)61)52-35-12-15-37(68-6)16-13-35)55-56-43-21-31(4)44(22-30(43)3)57-59-46-23-32(5)45(27-48(46)69-7)58-60-47-26-39-33(25-50(47)71(65,66)67)9-8-10-49(39)70(62,63)64;2*1-4(2)3/h8-27,52,61H,1-7H3,(H,62,63,64)(H,65,66,67);;. The molecule has 408 valence electrons. The first-order valence-corrected chi connectivity index (χ1v) is 27.4. The van der Waals surface area contributed by atoms with E-state index in [-0.39, 0.29) is 33.6 Å². The maximum atomic E-state index is 12.3. The SMILES string of the molecule is COc1ccc(Nc2ccc3c(O)c(N=Nc4cc(C)c(N=Nc5cc(C)c(N=Nc6cc(C)c(N=Nc7cc8c(S(=O)(=O)O)cccc8cc7S(=O)(=O)O)cc6OC)cc5C)cc4C)ccc3c2)cc1.O=S(=O)=O.O=S(=O)=O. The zero-order valence-corrected chi connectivity index (χ0v) is 45.8. The van der Waals surface area contributed by atoms with E-state index in [2.05, 4.69) is 46.2 Å². The second kappa shape index (κ2) is 25.4. The van der Waals surface area contributed by atoms with Gasteiger partial charge in [-0.2, -0.15) is 42.4 Å². The van der Waals surface area contributed by atoms with Crippen molar-refractivity contribution in [1.82, 2.24) is 0 Å². The maximum Gasteiger partial charge on any atom is 0.425 e. The molecule has 28 heteroatoms. The van der Waals surface area contributed by atoms with E-state index >= 15 is 0 Å². The highest BCUT2D eigenvalue weighted by atomic mass is 32.2. The molecular weight excluding hydrogens is 1110 g/mol. The highest BCUT2D eigenvalue weighted by molar-refractivity contribution is 7.86. The van der Waals surface area contributed by atoms with Crippen LogP contribution >= 0.6 is 0 Å². The highest BCUT2D eigenvalue weighted by Crippen LogP contribution is 2.41.